The van der Waals surface area contributed by atoms with Crippen LogP contribution < -0.4 is 5.32 Å². The zero-order valence-corrected chi connectivity index (χ0v) is 24.0. The molecule has 0 spiro atoms. The second-order valence-corrected chi connectivity index (χ2v) is 11.1. The van der Waals surface area contributed by atoms with E-state index in [1.54, 1.807) is 0 Å². The minimum absolute atomic E-state index is 0.368. The highest BCUT2D eigenvalue weighted by Crippen LogP contribution is 2.14. The smallest absolute Gasteiger partial charge is 0.0431 e. The van der Waals surface area contributed by atoms with E-state index in [9.17, 15) is 0 Å². The predicted molar refractivity (Wildman–Crippen MR) is 156 cm³/mol. The Balaban J connectivity index is 3.00. The van der Waals surface area contributed by atoms with Crippen LogP contribution in [0.2, 0.25) is 0 Å². The molecule has 0 atom stereocenters. The fourth-order valence-electron chi connectivity index (χ4n) is 5.09. The molecule has 0 heterocycles. The lowest BCUT2D eigenvalue weighted by Gasteiger charge is -2.06. The van der Waals surface area contributed by atoms with Gasteiger partial charge in [-0.1, -0.05) is 154 Å². The molecule has 0 fully saturated rings. The van der Waals surface area contributed by atoms with E-state index in [4.69, 9.17) is 10.2 Å². The van der Waals surface area contributed by atoms with Crippen molar-refractivity contribution < 1.29 is 10.2 Å². The van der Waals surface area contributed by atoms with E-state index in [1.165, 1.54) is 180 Å². The number of aliphatic hydroxyl groups excluding tert-OH is 2. The van der Waals surface area contributed by atoms with E-state index < -0.39 is 0 Å². The van der Waals surface area contributed by atoms with Crippen LogP contribution in [-0.2, 0) is 0 Å². The highest BCUT2D eigenvalue weighted by atomic mass is 16.3. The molecule has 0 rings (SSSR count). The summed E-state index contributed by atoms with van der Waals surface area (Å²) in [5.74, 6) is 0. The second-order valence-electron chi connectivity index (χ2n) is 11.1. The van der Waals surface area contributed by atoms with Crippen LogP contribution in [0.1, 0.15) is 180 Å². The first kappa shape index (κ1) is 34.9. The van der Waals surface area contributed by atoms with Crippen molar-refractivity contribution in [2.75, 3.05) is 26.3 Å². The van der Waals surface area contributed by atoms with Crippen molar-refractivity contribution in [3.63, 3.8) is 0 Å². The molecule has 0 aliphatic carbocycles. The number of hydrogen-bond acceptors (Lipinski definition) is 3. The Kier molecular flexibility index (Phi) is 33.8. The van der Waals surface area contributed by atoms with E-state index in [2.05, 4.69) is 5.32 Å². The van der Waals surface area contributed by atoms with Gasteiger partial charge in [-0.25, -0.2) is 0 Å². The Morgan fingerprint density at radius 1 is 0.229 bits per heavy atom. The lowest BCUT2D eigenvalue weighted by atomic mass is 10.0. The first-order valence-corrected chi connectivity index (χ1v) is 16.3. The molecule has 0 bridgehead atoms. The van der Waals surface area contributed by atoms with Gasteiger partial charge in [0.25, 0.3) is 0 Å². The highest BCUT2D eigenvalue weighted by molar-refractivity contribution is 4.54. The molecule has 0 aromatic heterocycles. The third-order valence-electron chi connectivity index (χ3n) is 7.52. The van der Waals surface area contributed by atoms with Crippen LogP contribution in [0.15, 0.2) is 0 Å². The average Bonchev–Trinajstić information content (AvgIpc) is 2.87. The molecule has 0 aromatic rings. The summed E-state index contributed by atoms with van der Waals surface area (Å²) < 4.78 is 0. The molecule has 0 unspecified atom stereocenters. The molecule has 3 nitrogen and oxygen atoms in total. The second kappa shape index (κ2) is 33.9. The van der Waals surface area contributed by atoms with Crippen LogP contribution in [-0.4, -0.2) is 36.5 Å². The van der Waals surface area contributed by atoms with Crippen LogP contribution in [0.4, 0.5) is 0 Å². The van der Waals surface area contributed by atoms with Gasteiger partial charge < -0.3 is 15.5 Å². The monoisotopic (exact) mass is 498 g/mol. The van der Waals surface area contributed by atoms with Crippen molar-refractivity contribution in [1.29, 1.82) is 0 Å². The highest BCUT2D eigenvalue weighted by Gasteiger charge is 1.96. The quantitative estimate of drug-likeness (QED) is 0.0811. The van der Waals surface area contributed by atoms with Gasteiger partial charge in [0, 0.05) is 13.2 Å². The zero-order valence-electron chi connectivity index (χ0n) is 24.0. The van der Waals surface area contributed by atoms with Gasteiger partial charge in [0.05, 0.1) is 0 Å². The number of unbranched alkanes of at least 4 members (excludes halogenated alkanes) is 26. The number of aliphatic hydroxyl groups is 2. The normalized spacial score (nSPS) is 11.5. The molecule has 0 aliphatic heterocycles. The topological polar surface area (TPSA) is 52.5 Å². The van der Waals surface area contributed by atoms with Crippen LogP contribution in [0.5, 0.6) is 0 Å². The Hall–Kier alpha value is -0.120. The number of hydrogen-bond donors (Lipinski definition) is 3. The standard InChI is InChI=1S/C32H67NO2/c34-31-27-23-19-15-11-7-3-1-5-9-13-17-21-25-29-33-30-26-22-18-14-10-6-2-4-8-12-16-20-24-28-32-35/h33-35H,1-32H2. The van der Waals surface area contributed by atoms with Crippen LogP contribution in [0.3, 0.4) is 0 Å². The molecule has 0 amide bonds. The van der Waals surface area contributed by atoms with E-state index in [-0.39, 0.29) is 0 Å². The average molecular weight is 498 g/mol. The maximum atomic E-state index is 8.77. The van der Waals surface area contributed by atoms with Gasteiger partial charge in [-0.3, -0.25) is 0 Å². The molecular formula is C32H67NO2. The summed E-state index contributed by atoms with van der Waals surface area (Å²) in [6, 6.07) is 0. The molecule has 0 radical (unpaired) electrons. The van der Waals surface area contributed by atoms with Gasteiger partial charge in [0.15, 0.2) is 0 Å². The van der Waals surface area contributed by atoms with Crippen LogP contribution >= 0.6 is 0 Å². The van der Waals surface area contributed by atoms with Crippen molar-refractivity contribution in [3.05, 3.63) is 0 Å². The molecule has 3 N–H and O–H groups in total. The minimum atomic E-state index is 0.368. The van der Waals surface area contributed by atoms with Gasteiger partial charge in [-0.15, -0.1) is 0 Å². The van der Waals surface area contributed by atoms with Crippen molar-refractivity contribution in [3.8, 4) is 0 Å². The van der Waals surface area contributed by atoms with Crippen LogP contribution in [0.25, 0.3) is 0 Å². The predicted octanol–water partition coefficient (Wildman–Crippen LogP) is 9.48. The van der Waals surface area contributed by atoms with E-state index >= 15 is 0 Å². The van der Waals surface area contributed by atoms with Crippen molar-refractivity contribution >= 4 is 0 Å². The maximum Gasteiger partial charge on any atom is 0.0431 e. The van der Waals surface area contributed by atoms with Crippen molar-refractivity contribution in [2.24, 2.45) is 0 Å². The first-order chi connectivity index (χ1) is 17.4. The van der Waals surface area contributed by atoms with Crippen molar-refractivity contribution in [2.45, 2.75) is 180 Å². The minimum Gasteiger partial charge on any atom is -0.396 e. The third-order valence-corrected chi connectivity index (χ3v) is 7.52. The number of rotatable bonds is 32. The Morgan fingerprint density at radius 2 is 0.400 bits per heavy atom. The van der Waals surface area contributed by atoms with Crippen LogP contribution in [0, 0.1) is 0 Å². The maximum absolute atomic E-state index is 8.77. The molecule has 0 saturated heterocycles. The summed E-state index contributed by atoms with van der Waals surface area (Å²) >= 11 is 0. The van der Waals surface area contributed by atoms with Gasteiger partial charge in [-0.2, -0.15) is 0 Å². The summed E-state index contributed by atoms with van der Waals surface area (Å²) in [5, 5.41) is 21.2. The lowest BCUT2D eigenvalue weighted by molar-refractivity contribution is 0.282. The SMILES string of the molecule is OCCCCCCCCCCCCCCCCNCCCCCCCCCCCCCCCCO. The molecular weight excluding hydrogens is 430 g/mol. The first-order valence-electron chi connectivity index (χ1n) is 16.3. The summed E-state index contributed by atoms with van der Waals surface area (Å²) in [5.41, 5.74) is 0. The lowest BCUT2D eigenvalue weighted by Crippen LogP contribution is -2.16. The van der Waals surface area contributed by atoms with Gasteiger partial charge in [-0.05, 0) is 38.8 Å². The largest absolute Gasteiger partial charge is 0.396 e. The van der Waals surface area contributed by atoms with E-state index in [0.717, 1.165) is 12.8 Å². The summed E-state index contributed by atoms with van der Waals surface area (Å²) in [4.78, 5) is 0. The van der Waals surface area contributed by atoms with Gasteiger partial charge >= 0.3 is 0 Å². The fourth-order valence-corrected chi connectivity index (χ4v) is 5.09. The molecule has 0 aromatic carbocycles. The summed E-state index contributed by atoms with van der Waals surface area (Å²) in [7, 11) is 0. The Bertz CT molecular complexity index is 318. The van der Waals surface area contributed by atoms with Gasteiger partial charge in [0.2, 0.25) is 0 Å². The molecule has 3 heteroatoms. The summed E-state index contributed by atoms with van der Waals surface area (Å²) in [6.07, 6.45) is 38.1. The molecule has 0 saturated carbocycles. The molecule has 0 aliphatic rings. The summed E-state index contributed by atoms with van der Waals surface area (Å²) in [6.45, 7) is 3.18. The number of nitrogens with one attached hydrogen (secondary N) is 1. The van der Waals surface area contributed by atoms with Crippen molar-refractivity contribution in [1.82, 2.24) is 5.32 Å². The fraction of sp³-hybridized carbons (Fsp3) is 1.00. The Morgan fingerprint density at radius 3 is 0.600 bits per heavy atom. The molecule has 35 heavy (non-hydrogen) atoms. The van der Waals surface area contributed by atoms with Gasteiger partial charge in [0.1, 0.15) is 0 Å². The Labute approximate surface area is 221 Å². The van der Waals surface area contributed by atoms with E-state index in [1.807, 2.05) is 0 Å². The van der Waals surface area contributed by atoms with E-state index in [0.29, 0.717) is 13.2 Å². The molecule has 212 valence electrons. The third kappa shape index (κ3) is 33.9. The zero-order chi connectivity index (χ0) is 25.3.